The number of anilines is 1. The highest BCUT2D eigenvalue weighted by Crippen LogP contribution is 2.35. The molecule has 2 aromatic heterocycles. The molecule has 1 unspecified atom stereocenters. The fourth-order valence-corrected chi connectivity index (χ4v) is 5.20. The average Bonchev–Trinajstić information content (AvgIpc) is 3.02. The molecule has 4 rings (SSSR count). The van der Waals surface area contributed by atoms with Crippen molar-refractivity contribution in [1.29, 1.82) is 0 Å². The van der Waals surface area contributed by atoms with Crippen LogP contribution in [0, 0.1) is 11.6 Å². The molecule has 1 atom stereocenters. The van der Waals surface area contributed by atoms with Gasteiger partial charge in [0.2, 0.25) is 10.0 Å². The third-order valence-corrected chi connectivity index (χ3v) is 6.65. The van der Waals surface area contributed by atoms with Gasteiger partial charge in [0.1, 0.15) is 11.5 Å². The van der Waals surface area contributed by atoms with Crippen molar-refractivity contribution in [2.24, 2.45) is 7.05 Å². The van der Waals surface area contributed by atoms with Gasteiger partial charge in [-0.2, -0.15) is 0 Å². The second-order valence-electron chi connectivity index (χ2n) is 7.86. The Bertz CT molecular complexity index is 1290. The van der Waals surface area contributed by atoms with Gasteiger partial charge in [-0.25, -0.2) is 21.9 Å². The first-order valence-corrected chi connectivity index (χ1v) is 11.1. The average molecular weight is 462 g/mol. The molecule has 1 aliphatic heterocycles. The molecule has 0 radical (unpaired) electrons. The fraction of sp³-hybridized carbons (Fsp3) is 0.238. The van der Waals surface area contributed by atoms with E-state index in [0.717, 1.165) is 17.7 Å². The van der Waals surface area contributed by atoms with E-state index in [1.54, 1.807) is 25.4 Å². The minimum atomic E-state index is -4.03. The number of nitrogens with zero attached hydrogens (tertiary/aromatic N) is 2. The molecule has 0 spiro atoms. The lowest BCUT2D eigenvalue weighted by atomic mass is 9.96. The normalized spacial score (nSPS) is 19.5. The van der Waals surface area contributed by atoms with Crippen LogP contribution in [-0.2, 0) is 23.5 Å². The molecule has 0 bridgehead atoms. The molecule has 1 aliphatic rings. The molecule has 2 N–H and O–H groups in total. The minimum Gasteiger partial charge on any atom is -0.488 e. The third kappa shape index (κ3) is 4.21. The van der Waals surface area contributed by atoms with Crippen LogP contribution in [-0.4, -0.2) is 36.0 Å². The van der Waals surface area contributed by atoms with Crippen molar-refractivity contribution in [3.05, 3.63) is 71.8 Å². The number of ether oxygens (including phenoxy) is 1. The number of carbonyl (C=O) groups is 1. The monoisotopic (exact) mass is 462 g/mol. The lowest BCUT2D eigenvalue weighted by Gasteiger charge is -2.27. The molecule has 8 nitrogen and oxygen atoms in total. The number of halogens is 2. The zero-order valence-electron chi connectivity index (χ0n) is 17.2. The number of amides is 1. The van der Waals surface area contributed by atoms with Crippen molar-refractivity contribution in [3.63, 3.8) is 0 Å². The Hall–Kier alpha value is -3.31. The molecule has 0 saturated carbocycles. The van der Waals surface area contributed by atoms with Gasteiger partial charge < -0.3 is 14.6 Å². The molecular formula is C21H20F2N4O4S. The Morgan fingerprint density at radius 2 is 2.09 bits per heavy atom. The number of aryl methyl sites for hydroxylation is 1. The van der Waals surface area contributed by atoms with Gasteiger partial charge >= 0.3 is 0 Å². The van der Waals surface area contributed by atoms with Crippen molar-refractivity contribution in [3.8, 4) is 5.75 Å². The van der Waals surface area contributed by atoms with E-state index in [9.17, 15) is 22.0 Å². The second kappa shape index (κ2) is 7.99. The zero-order valence-corrected chi connectivity index (χ0v) is 18.0. The number of nitrogens with one attached hydrogen (secondary N) is 2. The number of carbonyl (C=O) groups excluding carboxylic acids is 1. The summed E-state index contributed by atoms with van der Waals surface area (Å²) < 4.78 is 62.7. The molecule has 168 valence electrons. The van der Waals surface area contributed by atoms with Crippen LogP contribution in [0.1, 0.15) is 23.0 Å². The van der Waals surface area contributed by atoms with E-state index < -0.39 is 33.1 Å². The number of hydrogen-bond acceptors (Lipinski definition) is 5. The molecule has 1 amide bonds. The minimum absolute atomic E-state index is 0.0138. The summed E-state index contributed by atoms with van der Waals surface area (Å²) in [4.78, 5) is 16.7. The lowest BCUT2D eigenvalue weighted by Crippen LogP contribution is -2.50. The van der Waals surface area contributed by atoms with E-state index in [4.69, 9.17) is 4.74 Å². The molecule has 11 heteroatoms. The quantitative estimate of drug-likeness (QED) is 0.621. The summed E-state index contributed by atoms with van der Waals surface area (Å²) in [5.74, 6) is -3.02. The van der Waals surface area contributed by atoms with Crippen molar-refractivity contribution >= 4 is 21.6 Å². The Labute approximate surface area is 183 Å². The number of benzene rings is 1. The van der Waals surface area contributed by atoms with E-state index in [2.05, 4.69) is 15.0 Å². The summed E-state index contributed by atoms with van der Waals surface area (Å²) in [5, 5.41) is 2.44. The van der Waals surface area contributed by atoms with Gasteiger partial charge in [-0.05, 0) is 37.1 Å². The number of rotatable bonds is 4. The van der Waals surface area contributed by atoms with Gasteiger partial charge in [0.05, 0.1) is 5.54 Å². The molecule has 1 aromatic carbocycles. The van der Waals surface area contributed by atoms with Crippen molar-refractivity contribution < 1.29 is 26.7 Å². The van der Waals surface area contributed by atoms with Crippen LogP contribution < -0.4 is 14.8 Å². The van der Waals surface area contributed by atoms with Gasteiger partial charge in [-0.3, -0.25) is 9.78 Å². The molecular weight excluding hydrogens is 442 g/mol. The predicted molar refractivity (Wildman–Crippen MR) is 112 cm³/mol. The van der Waals surface area contributed by atoms with Crippen LogP contribution >= 0.6 is 0 Å². The molecule has 3 aromatic rings. The first kappa shape index (κ1) is 21.9. The SMILES string of the molecule is Cn1cc2c(c1C(=O)Nc1ccc(F)c(F)c1)OCC(C)(Cc1cccnc1)NS2(=O)=O. The predicted octanol–water partition coefficient (Wildman–Crippen LogP) is 2.62. The second-order valence-corrected chi connectivity index (χ2v) is 9.51. The zero-order chi connectivity index (χ0) is 23.1. The lowest BCUT2D eigenvalue weighted by molar-refractivity contribution is 0.101. The van der Waals surface area contributed by atoms with E-state index in [1.807, 2.05) is 6.07 Å². The number of sulfonamides is 1. The van der Waals surface area contributed by atoms with E-state index in [1.165, 1.54) is 23.9 Å². The maximum absolute atomic E-state index is 13.5. The summed E-state index contributed by atoms with van der Waals surface area (Å²) in [6, 6.07) is 6.48. The van der Waals surface area contributed by atoms with Crippen molar-refractivity contribution in [2.75, 3.05) is 11.9 Å². The van der Waals surface area contributed by atoms with E-state index >= 15 is 0 Å². The maximum Gasteiger partial charge on any atom is 0.276 e. The van der Waals surface area contributed by atoms with Gasteiger partial charge in [0.25, 0.3) is 5.91 Å². The number of pyridine rings is 1. The number of fused-ring (bicyclic) bond motifs is 1. The van der Waals surface area contributed by atoms with Gasteiger partial charge in [0, 0.05) is 37.4 Å². The Morgan fingerprint density at radius 3 is 2.78 bits per heavy atom. The van der Waals surface area contributed by atoms with E-state index in [0.29, 0.717) is 6.42 Å². The topological polar surface area (TPSA) is 102 Å². The first-order valence-electron chi connectivity index (χ1n) is 9.59. The molecule has 3 heterocycles. The van der Waals surface area contributed by atoms with Gasteiger partial charge in [-0.15, -0.1) is 0 Å². The van der Waals surface area contributed by atoms with Crippen LogP contribution in [0.4, 0.5) is 14.5 Å². The molecule has 32 heavy (non-hydrogen) atoms. The maximum atomic E-state index is 13.5. The van der Waals surface area contributed by atoms with Crippen molar-refractivity contribution in [1.82, 2.24) is 14.3 Å². The fourth-order valence-electron chi connectivity index (χ4n) is 3.61. The molecule has 0 aliphatic carbocycles. The standard InChI is InChI=1S/C21H20F2N4O4S/c1-21(9-13-4-3-7-24-10-13)12-31-19-17(32(29,30)26-21)11-27(2)18(19)20(28)25-14-5-6-15(22)16(23)8-14/h3-8,10-11,26H,9,12H2,1-2H3,(H,25,28). The molecule has 0 saturated heterocycles. The largest absolute Gasteiger partial charge is 0.488 e. The van der Waals surface area contributed by atoms with Crippen molar-refractivity contribution in [2.45, 2.75) is 23.8 Å². The smallest absolute Gasteiger partial charge is 0.276 e. The summed E-state index contributed by atoms with van der Waals surface area (Å²) in [6.45, 7) is 1.65. The highest BCUT2D eigenvalue weighted by molar-refractivity contribution is 7.89. The first-order chi connectivity index (χ1) is 15.1. The Kier molecular flexibility index (Phi) is 5.47. The highest BCUT2D eigenvalue weighted by Gasteiger charge is 2.40. The van der Waals surface area contributed by atoms with Gasteiger partial charge in [-0.1, -0.05) is 6.07 Å². The van der Waals surface area contributed by atoms with Crippen LogP contribution in [0.2, 0.25) is 0 Å². The summed E-state index contributed by atoms with van der Waals surface area (Å²) in [5.41, 5.74) is -0.245. The van der Waals surface area contributed by atoms with Crippen LogP contribution in [0.3, 0.4) is 0 Å². The van der Waals surface area contributed by atoms with Gasteiger partial charge in [0.15, 0.2) is 23.1 Å². The Morgan fingerprint density at radius 1 is 1.31 bits per heavy atom. The highest BCUT2D eigenvalue weighted by atomic mass is 32.2. The summed E-state index contributed by atoms with van der Waals surface area (Å²) in [6.07, 6.45) is 4.84. The number of hydrogen-bond donors (Lipinski definition) is 2. The molecule has 0 fully saturated rings. The summed E-state index contributed by atoms with van der Waals surface area (Å²) in [7, 11) is -2.54. The third-order valence-electron chi connectivity index (χ3n) is 5.02. The van der Waals surface area contributed by atoms with Crippen LogP contribution in [0.25, 0.3) is 0 Å². The summed E-state index contributed by atoms with van der Waals surface area (Å²) >= 11 is 0. The van der Waals surface area contributed by atoms with Crippen LogP contribution in [0.15, 0.2) is 53.8 Å². The van der Waals surface area contributed by atoms with Crippen LogP contribution in [0.5, 0.6) is 5.75 Å². The Balaban J connectivity index is 1.66. The number of aromatic nitrogens is 2. The van der Waals surface area contributed by atoms with E-state index in [-0.39, 0.29) is 28.6 Å².